The Labute approximate surface area is 87.6 Å². The number of allylic oxidation sites excluding steroid dienone is 4. The van der Waals surface area contributed by atoms with Crippen LogP contribution in [0, 0.1) is 0 Å². The second kappa shape index (κ2) is 6.47. The van der Waals surface area contributed by atoms with Gasteiger partial charge in [0.05, 0.1) is 0 Å². The van der Waals surface area contributed by atoms with Gasteiger partial charge in [-0.25, -0.2) is 0 Å². The topological polar surface area (TPSA) is 12.0 Å². The van der Waals surface area contributed by atoms with Crippen LogP contribution in [-0.4, -0.2) is 6.04 Å². The Morgan fingerprint density at radius 1 is 1.29 bits per heavy atom. The molecule has 1 fully saturated rings. The van der Waals surface area contributed by atoms with Gasteiger partial charge in [-0.15, -0.1) is 0 Å². The van der Waals surface area contributed by atoms with Crippen LogP contribution in [0.5, 0.6) is 0 Å². The molecule has 1 aliphatic rings. The highest BCUT2D eigenvalue weighted by molar-refractivity contribution is 5.21. The van der Waals surface area contributed by atoms with Gasteiger partial charge in [0.2, 0.25) is 0 Å². The third-order valence-corrected chi connectivity index (χ3v) is 2.62. The summed E-state index contributed by atoms with van der Waals surface area (Å²) in [6.45, 7) is 5.77. The lowest BCUT2D eigenvalue weighted by Gasteiger charge is -2.24. The molecule has 0 saturated heterocycles. The number of rotatable bonds is 4. The van der Waals surface area contributed by atoms with Crippen LogP contribution in [0.4, 0.5) is 0 Å². The molecule has 78 valence electrons. The molecule has 0 unspecified atom stereocenters. The molecule has 0 amide bonds. The van der Waals surface area contributed by atoms with E-state index < -0.39 is 0 Å². The summed E-state index contributed by atoms with van der Waals surface area (Å²) >= 11 is 0. The minimum atomic E-state index is 0.672. The van der Waals surface area contributed by atoms with Gasteiger partial charge in [-0.1, -0.05) is 38.0 Å². The molecule has 0 bridgehead atoms. The second-order valence-corrected chi connectivity index (χ2v) is 3.84. The van der Waals surface area contributed by atoms with E-state index in [1.165, 1.54) is 37.8 Å². The Morgan fingerprint density at radius 2 is 2.00 bits per heavy atom. The summed E-state index contributed by atoms with van der Waals surface area (Å²) in [5.41, 5.74) is 1.19. The number of hydrogen-bond donors (Lipinski definition) is 1. The van der Waals surface area contributed by atoms with Gasteiger partial charge in [-0.05, 0) is 31.9 Å². The molecule has 1 rings (SSSR count). The second-order valence-electron chi connectivity index (χ2n) is 3.84. The van der Waals surface area contributed by atoms with Crippen LogP contribution >= 0.6 is 0 Å². The molecule has 1 aliphatic carbocycles. The number of hydrogen-bond acceptors (Lipinski definition) is 1. The molecule has 0 atom stereocenters. The molecule has 0 heterocycles. The molecule has 0 radical (unpaired) electrons. The van der Waals surface area contributed by atoms with Crippen molar-refractivity contribution in [3.63, 3.8) is 0 Å². The lowest BCUT2D eigenvalue weighted by Crippen LogP contribution is -2.29. The van der Waals surface area contributed by atoms with Crippen molar-refractivity contribution in [2.75, 3.05) is 0 Å². The van der Waals surface area contributed by atoms with E-state index in [2.05, 4.69) is 24.0 Å². The Morgan fingerprint density at radius 3 is 2.57 bits per heavy atom. The fraction of sp³-hybridized carbons (Fsp3) is 0.538. The van der Waals surface area contributed by atoms with Crippen molar-refractivity contribution < 1.29 is 0 Å². The fourth-order valence-electron chi connectivity index (χ4n) is 1.94. The molecule has 1 nitrogen and oxygen atoms in total. The highest BCUT2D eigenvalue weighted by Gasteiger charge is 2.12. The largest absolute Gasteiger partial charge is 0.382 e. The smallest absolute Gasteiger partial charge is 0.0338 e. The van der Waals surface area contributed by atoms with Crippen molar-refractivity contribution in [3.05, 3.63) is 36.6 Å². The molecular formula is C13H21N. The van der Waals surface area contributed by atoms with Crippen LogP contribution in [0.25, 0.3) is 0 Å². The number of nitrogens with one attached hydrogen (secondary N) is 1. The van der Waals surface area contributed by atoms with E-state index in [9.17, 15) is 0 Å². The summed E-state index contributed by atoms with van der Waals surface area (Å²) in [6.07, 6.45) is 14.8. The monoisotopic (exact) mass is 191 g/mol. The third-order valence-electron chi connectivity index (χ3n) is 2.62. The molecule has 0 aliphatic heterocycles. The van der Waals surface area contributed by atoms with Crippen LogP contribution in [0.2, 0.25) is 0 Å². The van der Waals surface area contributed by atoms with Crippen LogP contribution in [-0.2, 0) is 0 Å². The van der Waals surface area contributed by atoms with Gasteiger partial charge in [0.15, 0.2) is 0 Å². The quantitative estimate of drug-likeness (QED) is 0.670. The van der Waals surface area contributed by atoms with E-state index in [0.717, 1.165) is 0 Å². The standard InChI is InChI=1S/C13H21N/c1-3-8-12(9-4-2)14-13-10-6-5-7-11-13/h3-4,8-9,13-14H,1,5-7,10-11H2,2H3/b9-4-,12-8+. The lowest BCUT2D eigenvalue weighted by atomic mass is 9.95. The third kappa shape index (κ3) is 3.82. The molecule has 0 aromatic rings. The first kappa shape index (κ1) is 11.1. The van der Waals surface area contributed by atoms with Gasteiger partial charge in [-0.2, -0.15) is 0 Å². The summed E-state index contributed by atoms with van der Waals surface area (Å²) in [5, 5.41) is 3.56. The molecule has 0 aromatic carbocycles. The summed E-state index contributed by atoms with van der Waals surface area (Å²) in [4.78, 5) is 0. The van der Waals surface area contributed by atoms with Crippen molar-refractivity contribution in [3.8, 4) is 0 Å². The van der Waals surface area contributed by atoms with E-state index in [1.807, 2.05) is 19.1 Å². The molecular weight excluding hydrogens is 170 g/mol. The Hall–Kier alpha value is -0.980. The summed E-state index contributed by atoms with van der Waals surface area (Å²) in [6, 6.07) is 0.672. The zero-order valence-corrected chi connectivity index (χ0v) is 9.13. The summed E-state index contributed by atoms with van der Waals surface area (Å²) in [7, 11) is 0. The normalized spacial score (nSPS) is 19.9. The molecule has 0 aromatic heterocycles. The van der Waals surface area contributed by atoms with Gasteiger partial charge < -0.3 is 5.32 Å². The van der Waals surface area contributed by atoms with Crippen LogP contribution < -0.4 is 5.32 Å². The summed E-state index contributed by atoms with van der Waals surface area (Å²) in [5.74, 6) is 0. The van der Waals surface area contributed by atoms with Crippen molar-refractivity contribution in [1.29, 1.82) is 0 Å². The maximum Gasteiger partial charge on any atom is 0.0338 e. The first-order valence-electron chi connectivity index (χ1n) is 5.58. The highest BCUT2D eigenvalue weighted by Crippen LogP contribution is 2.18. The first-order valence-corrected chi connectivity index (χ1v) is 5.58. The van der Waals surface area contributed by atoms with Gasteiger partial charge in [0.1, 0.15) is 0 Å². The Balaban J connectivity index is 2.45. The van der Waals surface area contributed by atoms with Crippen LogP contribution in [0.3, 0.4) is 0 Å². The molecule has 1 N–H and O–H groups in total. The fourth-order valence-corrected chi connectivity index (χ4v) is 1.94. The van der Waals surface area contributed by atoms with E-state index in [4.69, 9.17) is 0 Å². The average molecular weight is 191 g/mol. The van der Waals surface area contributed by atoms with Gasteiger partial charge in [0, 0.05) is 11.7 Å². The minimum absolute atomic E-state index is 0.672. The van der Waals surface area contributed by atoms with Crippen LogP contribution in [0.15, 0.2) is 36.6 Å². The van der Waals surface area contributed by atoms with Crippen LogP contribution in [0.1, 0.15) is 39.0 Å². The lowest BCUT2D eigenvalue weighted by molar-refractivity contribution is 0.399. The van der Waals surface area contributed by atoms with Gasteiger partial charge in [-0.3, -0.25) is 0 Å². The van der Waals surface area contributed by atoms with Crippen molar-refractivity contribution in [1.82, 2.24) is 5.32 Å². The maximum atomic E-state index is 3.73. The van der Waals surface area contributed by atoms with Crippen molar-refractivity contribution in [2.45, 2.75) is 45.1 Å². The van der Waals surface area contributed by atoms with Gasteiger partial charge >= 0.3 is 0 Å². The van der Waals surface area contributed by atoms with E-state index in [1.54, 1.807) is 0 Å². The molecule has 14 heavy (non-hydrogen) atoms. The Kier molecular flexibility index (Phi) is 5.13. The average Bonchev–Trinajstić information content (AvgIpc) is 2.20. The summed E-state index contributed by atoms with van der Waals surface area (Å²) < 4.78 is 0. The molecule has 1 saturated carbocycles. The van der Waals surface area contributed by atoms with Crippen molar-refractivity contribution >= 4 is 0 Å². The predicted molar refractivity (Wildman–Crippen MR) is 63.1 cm³/mol. The zero-order chi connectivity index (χ0) is 10.2. The van der Waals surface area contributed by atoms with Gasteiger partial charge in [0.25, 0.3) is 0 Å². The maximum absolute atomic E-state index is 3.73. The molecule has 1 heteroatoms. The molecule has 0 spiro atoms. The highest BCUT2D eigenvalue weighted by atomic mass is 14.9. The van der Waals surface area contributed by atoms with E-state index in [-0.39, 0.29) is 0 Å². The van der Waals surface area contributed by atoms with Crippen molar-refractivity contribution in [2.24, 2.45) is 0 Å². The minimum Gasteiger partial charge on any atom is -0.382 e. The van der Waals surface area contributed by atoms with E-state index >= 15 is 0 Å². The first-order chi connectivity index (χ1) is 6.86. The predicted octanol–water partition coefficient (Wildman–Crippen LogP) is 3.55. The zero-order valence-electron chi connectivity index (χ0n) is 9.13. The SMILES string of the molecule is C=C/C=C(\C=C/C)NC1CCCCC1. The van der Waals surface area contributed by atoms with E-state index in [0.29, 0.717) is 6.04 Å². The Bertz CT molecular complexity index is 219.